The normalized spacial score (nSPS) is 14.6. The van der Waals surface area contributed by atoms with E-state index >= 15 is 0 Å². The topological polar surface area (TPSA) is 81.1 Å². The lowest BCUT2D eigenvalue weighted by molar-refractivity contribution is -0.141. The molecule has 7 nitrogen and oxygen atoms in total. The SMILES string of the molecule is C/C(=N\OCc1ccc(C)cc1)c1ccc(OCN2C(=O)CCC2=O)nc1. The molecule has 3 rings (SSSR count). The van der Waals surface area contributed by atoms with Crippen LogP contribution in [0.5, 0.6) is 5.88 Å². The third-order valence-corrected chi connectivity index (χ3v) is 4.20. The van der Waals surface area contributed by atoms with Crippen LogP contribution >= 0.6 is 0 Å². The molecule has 1 aromatic carbocycles. The summed E-state index contributed by atoms with van der Waals surface area (Å²) >= 11 is 0. The predicted octanol–water partition coefficient (Wildman–Crippen LogP) is 2.82. The van der Waals surface area contributed by atoms with E-state index < -0.39 is 0 Å². The summed E-state index contributed by atoms with van der Waals surface area (Å²) in [5.41, 5.74) is 3.72. The maximum absolute atomic E-state index is 11.5. The number of aromatic nitrogens is 1. The first kappa shape index (κ1) is 18.6. The molecule has 0 spiro atoms. The summed E-state index contributed by atoms with van der Waals surface area (Å²) in [6, 6.07) is 11.5. The van der Waals surface area contributed by atoms with Gasteiger partial charge in [0.05, 0.1) is 5.71 Å². The lowest BCUT2D eigenvalue weighted by atomic mass is 10.2. The second-order valence-electron chi connectivity index (χ2n) is 6.31. The molecule has 0 unspecified atom stereocenters. The quantitative estimate of drug-likeness (QED) is 0.427. The Morgan fingerprint density at radius 3 is 2.44 bits per heavy atom. The van der Waals surface area contributed by atoms with E-state index in [1.165, 1.54) is 5.56 Å². The van der Waals surface area contributed by atoms with Gasteiger partial charge in [0.25, 0.3) is 0 Å². The number of pyridine rings is 1. The Bertz CT molecular complexity index is 829. The summed E-state index contributed by atoms with van der Waals surface area (Å²) in [6.45, 7) is 4.14. The van der Waals surface area contributed by atoms with Crippen molar-refractivity contribution in [1.82, 2.24) is 9.88 Å². The van der Waals surface area contributed by atoms with Crippen molar-refractivity contribution in [2.24, 2.45) is 5.16 Å². The standard InChI is InChI=1S/C20H21N3O4/c1-14-3-5-16(6-4-14)12-27-22-15(2)17-7-8-18(21-11-17)26-13-23-19(24)9-10-20(23)25/h3-8,11H,9-10,12-13H2,1-2H3/b22-15+. The molecule has 140 valence electrons. The zero-order chi connectivity index (χ0) is 19.2. The lowest BCUT2D eigenvalue weighted by Crippen LogP contribution is -2.33. The number of oxime groups is 1. The van der Waals surface area contributed by atoms with Gasteiger partial charge in [-0.15, -0.1) is 0 Å². The highest BCUT2D eigenvalue weighted by atomic mass is 16.6. The van der Waals surface area contributed by atoms with E-state index in [0.29, 0.717) is 18.2 Å². The minimum Gasteiger partial charge on any atom is -0.456 e. The van der Waals surface area contributed by atoms with Crippen LogP contribution in [-0.4, -0.2) is 34.1 Å². The van der Waals surface area contributed by atoms with Crippen LogP contribution in [0.3, 0.4) is 0 Å². The number of nitrogens with zero attached hydrogens (tertiary/aromatic N) is 3. The highest BCUT2D eigenvalue weighted by molar-refractivity contribution is 6.01. The molecule has 1 aliphatic heterocycles. The molecule has 0 bridgehead atoms. The number of likely N-dealkylation sites (tertiary alicyclic amines) is 1. The number of ether oxygens (including phenoxy) is 1. The maximum Gasteiger partial charge on any atom is 0.232 e. The fourth-order valence-electron chi connectivity index (χ4n) is 2.52. The fourth-order valence-corrected chi connectivity index (χ4v) is 2.52. The van der Waals surface area contributed by atoms with Crippen LogP contribution in [0.1, 0.15) is 36.5 Å². The van der Waals surface area contributed by atoms with Crippen molar-refractivity contribution in [3.63, 3.8) is 0 Å². The highest BCUT2D eigenvalue weighted by Gasteiger charge is 2.29. The lowest BCUT2D eigenvalue weighted by Gasteiger charge is -2.14. The molecule has 2 amide bonds. The van der Waals surface area contributed by atoms with Crippen LogP contribution in [0.4, 0.5) is 0 Å². The van der Waals surface area contributed by atoms with Crippen molar-refractivity contribution in [3.05, 3.63) is 59.3 Å². The van der Waals surface area contributed by atoms with Gasteiger partial charge in [0, 0.05) is 30.7 Å². The van der Waals surface area contributed by atoms with Gasteiger partial charge in [-0.1, -0.05) is 35.0 Å². The molecule has 2 heterocycles. The molecule has 0 radical (unpaired) electrons. The Kier molecular flexibility index (Phi) is 5.80. The third kappa shape index (κ3) is 4.91. The van der Waals surface area contributed by atoms with Crippen molar-refractivity contribution in [1.29, 1.82) is 0 Å². The molecule has 27 heavy (non-hydrogen) atoms. The molecule has 1 aliphatic rings. The zero-order valence-corrected chi connectivity index (χ0v) is 15.3. The number of aryl methyl sites for hydroxylation is 1. The van der Waals surface area contributed by atoms with Gasteiger partial charge in [0.2, 0.25) is 17.7 Å². The molecule has 0 atom stereocenters. The zero-order valence-electron chi connectivity index (χ0n) is 15.3. The highest BCUT2D eigenvalue weighted by Crippen LogP contribution is 2.14. The van der Waals surface area contributed by atoms with Crippen LogP contribution in [-0.2, 0) is 21.0 Å². The number of carbonyl (C=O) groups is 2. The minimum atomic E-state index is -0.217. The van der Waals surface area contributed by atoms with Gasteiger partial charge in [-0.05, 0) is 25.5 Å². The van der Waals surface area contributed by atoms with Crippen LogP contribution < -0.4 is 4.74 Å². The Labute approximate surface area is 157 Å². The Morgan fingerprint density at radius 2 is 1.81 bits per heavy atom. The summed E-state index contributed by atoms with van der Waals surface area (Å²) < 4.78 is 5.42. The molecule has 2 aromatic rings. The summed E-state index contributed by atoms with van der Waals surface area (Å²) in [4.78, 5) is 33.8. The number of imide groups is 1. The van der Waals surface area contributed by atoms with Crippen molar-refractivity contribution >= 4 is 17.5 Å². The van der Waals surface area contributed by atoms with E-state index in [0.717, 1.165) is 16.0 Å². The summed E-state index contributed by atoms with van der Waals surface area (Å²) in [7, 11) is 0. The minimum absolute atomic E-state index is 0.114. The van der Waals surface area contributed by atoms with Gasteiger partial charge in [-0.25, -0.2) is 9.88 Å². The maximum atomic E-state index is 11.5. The van der Waals surface area contributed by atoms with Crippen LogP contribution in [0.15, 0.2) is 47.8 Å². The van der Waals surface area contributed by atoms with Gasteiger partial charge >= 0.3 is 0 Å². The Hall–Kier alpha value is -3.22. The monoisotopic (exact) mass is 367 g/mol. The van der Waals surface area contributed by atoms with E-state index in [1.54, 1.807) is 18.3 Å². The molecular weight excluding hydrogens is 346 g/mol. The van der Waals surface area contributed by atoms with Gasteiger partial charge in [0.15, 0.2) is 6.73 Å². The fraction of sp³-hybridized carbons (Fsp3) is 0.300. The number of hydrogen-bond donors (Lipinski definition) is 0. The van der Waals surface area contributed by atoms with Crippen LogP contribution in [0, 0.1) is 6.92 Å². The number of amides is 2. The van der Waals surface area contributed by atoms with Crippen LogP contribution in [0.25, 0.3) is 0 Å². The molecule has 0 N–H and O–H groups in total. The van der Waals surface area contributed by atoms with Crippen molar-refractivity contribution < 1.29 is 19.2 Å². The summed E-state index contributed by atoms with van der Waals surface area (Å²) in [6.07, 6.45) is 2.09. The third-order valence-electron chi connectivity index (χ3n) is 4.20. The van der Waals surface area contributed by atoms with Gasteiger partial charge in [0.1, 0.15) is 6.61 Å². The first-order chi connectivity index (χ1) is 13.0. The smallest absolute Gasteiger partial charge is 0.232 e. The van der Waals surface area contributed by atoms with Crippen molar-refractivity contribution in [3.8, 4) is 5.88 Å². The molecule has 0 aliphatic carbocycles. The van der Waals surface area contributed by atoms with E-state index in [1.807, 2.05) is 38.1 Å². The molecular formula is C20H21N3O4. The summed E-state index contributed by atoms with van der Waals surface area (Å²) in [5, 5.41) is 4.11. The second kappa shape index (κ2) is 8.44. The van der Waals surface area contributed by atoms with E-state index in [-0.39, 0.29) is 31.4 Å². The first-order valence-corrected chi connectivity index (χ1v) is 8.67. The molecule has 0 saturated carbocycles. The Morgan fingerprint density at radius 1 is 1.11 bits per heavy atom. The average Bonchev–Trinajstić information content (AvgIpc) is 3.00. The number of benzene rings is 1. The van der Waals surface area contributed by atoms with Crippen LogP contribution in [0.2, 0.25) is 0 Å². The summed E-state index contributed by atoms with van der Waals surface area (Å²) in [5.74, 6) is -0.102. The number of carbonyl (C=O) groups excluding carboxylic acids is 2. The van der Waals surface area contributed by atoms with Gasteiger partial charge in [-0.3, -0.25) is 9.59 Å². The van der Waals surface area contributed by atoms with Gasteiger partial charge < -0.3 is 9.57 Å². The molecule has 1 saturated heterocycles. The van der Waals surface area contributed by atoms with Gasteiger partial charge in [-0.2, -0.15) is 0 Å². The number of hydrogen-bond acceptors (Lipinski definition) is 6. The molecule has 1 fully saturated rings. The first-order valence-electron chi connectivity index (χ1n) is 8.67. The van der Waals surface area contributed by atoms with Crippen molar-refractivity contribution in [2.45, 2.75) is 33.3 Å². The molecule has 7 heteroatoms. The predicted molar refractivity (Wildman–Crippen MR) is 99.0 cm³/mol. The largest absolute Gasteiger partial charge is 0.456 e. The van der Waals surface area contributed by atoms with E-state index in [9.17, 15) is 9.59 Å². The second-order valence-corrected chi connectivity index (χ2v) is 6.31. The Balaban J connectivity index is 1.52. The number of rotatable bonds is 7. The average molecular weight is 367 g/mol. The van der Waals surface area contributed by atoms with Crippen molar-refractivity contribution in [2.75, 3.05) is 6.73 Å². The molecule has 1 aromatic heterocycles. The van der Waals surface area contributed by atoms with E-state index in [2.05, 4.69) is 10.1 Å². The van der Waals surface area contributed by atoms with E-state index in [4.69, 9.17) is 9.57 Å².